The van der Waals surface area contributed by atoms with E-state index >= 15 is 0 Å². The molecule has 0 saturated heterocycles. The molecule has 0 aliphatic heterocycles. The maximum atomic E-state index is 12.9. The quantitative estimate of drug-likeness (QED) is 0.276. The van der Waals surface area contributed by atoms with Crippen LogP contribution < -0.4 is 10.2 Å². The number of carbonyl (C=O) groups is 1. The number of benzene rings is 3. The standard InChI is InChI=1S/C22H16Br2ClFN2O2/c23-18-9-15(12-27-28-21(29)11-14-5-7-17(26)8-6-14)10-19(24)22(18)30-13-16-3-1-2-4-20(16)25/h1-10,12H,11,13H2,(H,28,29)/b27-12+. The van der Waals surface area contributed by atoms with E-state index < -0.39 is 0 Å². The highest BCUT2D eigenvalue weighted by Gasteiger charge is 2.10. The zero-order valence-corrected chi connectivity index (χ0v) is 19.5. The molecule has 30 heavy (non-hydrogen) atoms. The van der Waals surface area contributed by atoms with Gasteiger partial charge in [0.2, 0.25) is 5.91 Å². The van der Waals surface area contributed by atoms with Crippen molar-refractivity contribution < 1.29 is 13.9 Å². The van der Waals surface area contributed by atoms with E-state index in [-0.39, 0.29) is 18.1 Å². The van der Waals surface area contributed by atoms with Crippen LogP contribution in [0.2, 0.25) is 5.02 Å². The van der Waals surface area contributed by atoms with E-state index in [0.717, 1.165) is 20.1 Å². The van der Waals surface area contributed by atoms with E-state index in [2.05, 4.69) is 42.4 Å². The first-order valence-electron chi connectivity index (χ1n) is 8.84. The fourth-order valence-electron chi connectivity index (χ4n) is 2.56. The SMILES string of the molecule is O=C(Cc1ccc(F)cc1)N/N=C/c1cc(Br)c(OCc2ccccc2Cl)c(Br)c1. The van der Waals surface area contributed by atoms with E-state index in [1.807, 2.05) is 36.4 Å². The molecule has 1 N–H and O–H groups in total. The molecular formula is C22H16Br2ClFN2O2. The molecule has 0 aliphatic rings. The van der Waals surface area contributed by atoms with Gasteiger partial charge in [-0.15, -0.1) is 0 Å². The molecule has 0 bridgehead atoms. The first-order chi connectivity index (χ1) is 14.4. The van der Waals surface area contributed by atoms with E-state index in [4.69, 9.17) is 16.3 Å². The van der Waals surface area contributed by atoms with Gasteiger partial charge in [0.25, 0.3) is 0 Å². The first kappa shape index (κ1) is 22.5. The minimum absolute atomic E-state index is 0.111. The van der Waals surface area contributed by atoms with Crippen molar-refractivity contribution in [2.24, 2.45) is 5.10 Å². The summed E-state index contributed by atoms with van der Waals surface area (Å²) in [4.78, 5) is 12.0. The molecule has 0 radical (unpaired) electrons. The number of rotatable bonds is 7. The Kier molecular flexibility index (Phi) is 8.01. The van der Waals surface area contributed by atoms with Gasteiger partial charge in [0.1, 0.15) is 18.2 Å². The summed E-state index contributed by atoms with van der Waals surface area (Å²) in [5.74, 6) is -0.00396. The molecule has 3 aromatic carbocycles. The van der Waals surface area contributed by atoms with Gasteiger partial charge in [-0.25, -0.2) is 9.82 Å². The molecule has 3 rings (SSSR count). The second kappa shape index (κ2) is 10.7. The summed E-state index contributed by atoms with van der Waals surface area (Å²) in [6.45, 7) is 0.323. The van der Waals surface area contributed by atoms with Gasteiger partial charge in [-0.05, 0) is 73.3 Å². The lowest BCUT2D eigenvalue weighted by Gasteiger charge is -2.12. The van der Waals surface area contributed by atoms with Gasteiger partial charge in [-0.1, -0.05) is 41.9 Å². The topological polar surface area (TPSA) is 50.7 Å². The van der Waals surface area contributed by atoms with E-state index in [1.54, 1.807) is 12.1 Å². The molecule has 8 heteroatoms. The normalized spacial score (nSPS) is 10.9. The number of halogens is 4. The van der Waals surface area contributed by atoms with Crippen molar-refractivity contribution in [3.8, 4) is 5.75 Å². The predicted octanol–water partition coefficient (Wildman–Crippen LogP) is 6.28. The van der Waals surface area contributed by atoms with Crippen molar-refractivity contribution in [3.05, 3.63) is 97.1 Å². The van der Waals surface area contributed by atoms with E-state index in [9.17, 15) is 9.18 Å². The summed E-state index contributed by atoms with van der Waals surface area (Å²) < 4.78 is 20.3. The Morgan fingerprint density at radius 1 is 1.10 bits per heavy atom. The average Bonchev–Trinajstić information content (AvgIpc) is 2.70. The first-order valence-corrected chi connectivity index (χ1v) is 10.8. The van der Waals surface area contributed by atoms with Crippen molar-refractivity contribution in [1.29, 1.82) is 0 Å². The Hall–Kier alpha value is -2.22. The Morgan fingerprint density at radius 3 is 2.43 bits per heavy atom. The molecule has 0 aromatic heterocycles. The van der Waals surface area contributed by atoms with Gasteiger partial charge < -0.3 is 4.74 Å². The lowest BCUT2D eigenvalue weighted by Crippen LogP contribution is -2.19. The number of hydrogen-bond donors (Lipinski definition) is 1. The second-order valence-corrected chi connectivity index (χ2v) is 8.41. The van der Waals surface area contributed by atoms with Gasteiger partial charge in [-0.3, -0.25) is 4.79 Å². The summed E-state index contributed by atoms with van der Waals surface area (Å²) in [7, 11) is 0. The summed E-state index contributed by atoms with van der Waals surface area (Å²) in [5.41, 5.74) is 4.80. The molecule has 0 atom stereocenters. The maximum Gasteiger partial charge on any atom is 0.244 e. The van der Waals surface area contributed by atoms with E-state index in [0.29, 0.717) is 22.9 Å². The van der Waals surface area contributed by atoms with Crippen molar-refractivity contribution in [1.82, 2.24) is 5.43 Å². The fraction of sp³-hybridized carbons (Fsp3) is 0.0909. The summed E-state index contributed by atoms with van der Waals surface area (Å²) in [6.07, 6.45) is 1.63. The second-order valence-electron chi connectivity index (χ2n) is 6.29. The smallest absolute Gasteiger partial charge is 0.244 e. The molecule has 0 spiro atoms. The van der Waals surface area contributed by atoms with Crippen molar-refractivity contribution in [2.45, 2.75) is 13.0 Å². The monoisotopic (exact) mass is 552 g/mol. The number of amides is 1. The summed E-state index contributed by atoms with van der Waals surface area (Å²) >= 11 is 13.2. The van der Waals surface area contributed by atoms with Gasteiger partial charge >= 0.3 is 0 Å². The highest BCUT2D eigenvalue weighted by atomic mass is 79.9. The number of ether oxygens (including phenoxy) is 1. The third-order valence-corrected chi connectivity index (χ3v) is 5.58. The maximum absolute atomic E-state index is 12.9. The van der Waals surface area contributed by atoms with E-state index in [1.165, 1.54) is 18.3 Å². The molecule has 1 amide bonds. The third-order valence-electron chi connectivity index (χ3n) is 4.03. The molecule has 0 fully saturated rings. The number of hydrogen-bond acceptors (Lipinski definition) is 3. The highest BCUT2D eigenvalue weighted by Crippen LogP contribution is 2.35. The van der Waals surface area contributed by atoms with Crippen molar-refractivity contribution >= 4 is 55.6 Å². The Bertz CT molecular complexity index is 1050. The minimum atomic E-state index is -0.340. The van der Waals surface area contributed by atoms with Crippen LogP contribution in [0.15, 0.2) is 74.7 Å². The minimum Gasteiger partial charge on any atom is -0.486 e. The van der Waals surface area contributed by atoms with Crippen molar-refractivity contribution in [2.75, 3.05) is 0 Å². The predicted molar refractivity (Wildman–Crippen MR) is 123 cm³/mol. The Balaban J connectivity index is 1.59. The van der Waals surface area contributed by atoms with Crippen LogP contribution in [0.4, 0.5) is 4.39 Å². The Morgan fingerprint density at radius 2 is 1.77 bits per heavy atom. The highest BCUT2D eigenvalue weighted by molar-refractivity contribution is 9.11. The van der Waals surface area contributed by atoms with Crippen LogP contribution >= 0.6 is 43.5 Å². The zero-order chi connectivity index (χ0) is 21.5. The largest absolute Gasteiger partial charge is 0.486 e. The molecule has 0 aliphatic carbocycles. The van der Waals surface area contributed by atoms with Crippen LogP contribution in [0.5, 0.6) is 5.75 Å². The molecule has 3 aromatic rings. The average molecular weight is 555 g/mol. The van der Waals surface area contributed by atoms with Gasteiger partial charge in [0.05, 0.1) is 21.6 Å². The molecule has 154 valence electrons. The van der Waals surface area contributed by atoms with Gasteiger partial charge in [0.15, 0.2) is 0 Å². The summed E-state index contributed by atoms with van der Waals surface area (Å²) in [6, 6.07) is 16.9. The van der Waals surface area contributed by atoms with Crippen LogP contribution in [0.1, 0.15) is 16.7 Å². The van der Waals surface area contributed by atoms with Crippen molar-refractivity contribution in [3.63, 3.8) is 0 Å². The van der Waals surface area contributed by atoms with Crippen LogP contribution in [0.25, 0.3) is 0 Å². The molecule has 0 heterocycles. The molecule has 0 saturated carbocycles. The molecular weight excluding hydrogens is 539 g/mol. The molecule has 4 nitrogen and oxygen atoms in total. The summed E-state index contributed by atoms with van der Waals surface area (Å²) in [5, 5.41) is 4.62. The van der Waals surface area contributed by atoms with Crippen LogP contribution in [-0.2, 0) is 17.8 Å². The number of nitrogens with zero attached hydrogens (tertiary/aromatic N) is 1. The zero-order valence-electron chi connectivity index (χ0n) is 15.5. The van der Waals surface area contributed by atoms with Gasteiger partial charge in [0, 0.05) is 10.6 Å². The van der Waals surface area contributed by atoms with Crippen LogP contribution in [0.3, 0.4) is 0 Å². The third kappa shape index (κ3) is 6.39. The van der Waals surface area contributed by atoms with Crippen LogP contribution in [0, 0.1) is 5.82 Å². The molecule has 0 unspecified atom stereocenters. The Labute approximate surface area is 195 Å². The lowest BCUT2D eigenvalue weighted by molar-refractivity contribution is -0.120. The number of nitrogens with one attached hydrogen (secondary N) is 1. The number of carbonyl (C=O) groups excluding carboxylic acids is 1. The lowest BCUT2D eigenvalue weighted by atomic mass is 10.1. The fourth-order valence-corrected chi connectivity index (χ4v) is 4.20. The number of hydrazone groups is 1. The van der Waals surface area contributed by atoms with Crippen LogP contribution in [-0.4, -0.2) is 12.1 Å². The van der Waals surface area contributed by atoms with Gasteiger partial charge in [-0.2, -0.15) is 5.10 Å².